The normalized spacial score (nSPS) is 27.9. The van der Waals surface area contributed by atoms with E-state index >= 15 is 0 Å². The van der Waals surface area contributed by atoms with Crippen LogP contribution in [0.5, 0.6) is 0 Å². The number of nitrogen functional groups attached to an aromatic ring is 1. The third kappa shape index (κ3) is 2.12. The molecule has 1 heterocycles. The maximum atomic E-state index is 14.1. The molecule has 1 aromatic carbocycles. The summed E-state index contributed by atoms with van der Waals surface area (Å²) in [5.41, 5.74) is 5.63. The standard InChI is InChI=1S/C14H19FN2O2S/c1-9-13(2,3)20(18,19)8-14(4,17-9)11-7-10(16)5-6-12(11)15/h5-7H,8,16H2,1-4H3/t14-/m0/s1. The number of nitrogens with two attached hydrogens (primary N) is 1. The van der Waals surface area contributed by atoms with Crippen LogP contribution in [0.15, 0.2) is 23.2 Å². The van der Waals surface area contributed by atoms with Crippen LogP contribution in [0.25, 0.3) is 0 Å². The van der Waals surface area contributed by atoms with E-state index in [4.69, 9.17) is 5.73 Å². The van der Waals surface area contributed by atoms with Crippen molar-refractivity contribution in [2.24, 2.45) is 4.99 Å². The fraction of sp³-hybridized carbons (Fsp3) is 0.500. The first-order chi connectivity index (χ1) is 8.99. The molecule has 6 heteroatoms. The minimum absolute atomic E-state index is 0.218. The van der Waals surface area contributed by atoms with E-state index in [1.54, 1.807) is 27.7 Å². The Hall–Kier alpha value is -1.43. The smallest absolute Gasteiger partial charge is 0.163 e. The van der Waals surface area contributed by atoms with Gasteiger partial charge in [0, 0.05) is 17.0 Å². The topological polar surface area (TPSA) is 72.5 Å². The molecule has 1 aliphatic heterocycles. The Morgan fingerprint density at radius 1 is 1.30 bits per heavy atom. The summed E-state index contributed by atoms with van der Waals surface area (Å²) in [4.78, 5) is 4.48. The van der Waals surface area contributed by atoms with Gasteiger partial charge in [-0.2, -0.15) is 0 Å². The van der Waals surface area contributed by atoms with Gasteiger partial charge in [0.1, 0.15) is 10.6 Å². The van der Waals surface area contributed by atoms with Crippen molar-refractivity contribution in [3.63, 3.8) is 0 Å². The second kappa shape index (κ2) is 4.28. The van der Waals surface area contributed by atoms with Crippen molar-refractivity contribution in [1.82, 2.24) is 0 Å². The van der Waals surface area contributed by atoms with E-state index in [1.165, 1.54) is 18.2 Å². The van der Waals surface area contributed by atoms with Crippen LogP contribution in [0, 0.1) is 5.82 Å². The maximum Gasteiger partial charge on any atom is 0.163 e. The number of rotatable bonds is 1. The summed E-state index contributed by atoms with van der Waals surface area (Å²) in [6.45, 7) is 6.53. The summed E-state index contributed by atoms with van der Waals surface area (Å²) in [7, 11) is -3.43. The van der Waals surface area contributed by atoms with E-state index < -0.39 is 25.9 Å². The lowest BCUT2D eigenvalue weighted by Crippen LogP contribution is -2.50. The molecule has 110 valence electrons. The van der Waals surface area contributed by atoms with Crippen LogP contribution < -0.4 is 5.73 Å². The first kappa shape index (κ1) is 15.0. The minimum Gasteiger partial charge on any atom is -0.399 e. The molecule has 0 amide bonds. The zero-order chi connectivity index (χ0) is 15.3. The Morgan fingerprint density at radius 2 is 1.90 bits per heavy atom. The Morgan fingerprint density at radius 3 is 2.45 bits per heavy atom. The summed E-state index contributed by atoms with van der Waals surface area (Å²) in [5.74, 6) is -0.724. The zero-order valence-corrected chi connectivity index (χ0v) is 12.9. The van der Waals surface area contributed by atoms with Crippen LogP contribution in [-0.2, 0) is 15.4 Å². The molecule has 2 rings (SSSR count). The number of anilines is 1. The summed E-state index contributed by atoms with van der Waals surface area (Å²) < 4.78 is 38.0. The van der Waals surface area contributed by atoms with E-state index in [9.17, 15) is 12.8 Å². The molecule has 1 aromatic rings. The number of halogens is 1. The lowest BCUT2D eigenvalue weighted by atomic mass is 9.92. The van der Waals surface area contributed by atoms with Gasteiger partial charge in [0.25, 0.3) is 0 Å². The van der Waals surface area contributed by atoms with E-state index in [0.717, 1.165) is 0 Å². The van der Waals surface area contributed by atoms with E-state index in [1.807, 2.05) is 0 Å². The molecule has 1 aliphatic rings. The molecule has 0 bridgehead atoms. The average Bonchev–Trinajstić information content (AvgIpc) is 2.29. The van der Waals surface area contributed by atoms with Gasteiger partial charge in [-0.3, -0.25) is 4.99 Å². The first-order valence-electron chi connectivity index (χ1n) is 6.34. The Kier molecular flexibility index (Phi) is 3.20. The fourth-order valence-electron chi connectivity index (χ4n) is 2.41. The predicted molar refractivity (Wildman–Crippen MR) is 79.1 cm³/mol. The van der Waals surface area contributed by atoms with Gasteiger partial charge in [0.2, 0.25) is 0 Å². The number of hydrogen-bond acceptors (Lipinski definition) is 4. The fourth-order valence-corrected chi connectivity index (χ4v) is 4.22. The zero-order valence-electron chi connectivity index (χ0n) is 12.1. The van der Waals surface area contributed by atoms with Gasteiger partial charge < -0.3 is 5.73 Å². The second-order valence-electron chi connectivity index (χ2n) is 5.98. The van der Waals surface area contributed by atoms with E-state index in [0.29, 0.717) is 11.4 Å². The van der Waals surface area contributed by atoms with Crippen LogP contribution >= 0.6 is 0 Å². The minimum atomic E-state index is -3.43. The molecule has 0 fully saturated rings. The summed E-state index contributed by atoms with van der Waals surface area (Å²) in [5, 5.41) is 0. The van der Waals surface area contributed by atoms with Gasteiger partial charge in [-0.1, -0.05) is 0 Å². The van der Waals surface area contributed by atoms with Gasteiger partial charge in [0.15, 0.2) is 9.84 Å². The highest BCUT2D eigenvalue weighted by molar-refractivity contribution is 7.93. The van der Waals surface area contributed by atoms with Gasteiger partial charge in [-0.25, -0.2) is 12.8 Å². The number of nitrogens with zero attached hydrogens (tertiary/aromatic N) is 1. The SMILES string of the molecule is CC1=N[C@](C)(c2cc(N)ccc2F)CS(=O)(=O)C1(C)C. The third-order valence-electron chi connectivity index (χ3n) is 4.11. The Bertz CT molecular complexity index is 695. The highest BCUT2D eigenvalue weighted by Crippen LogP contribution is 2.39. The van der Waals surface area contributed by atoms with Crippen LogP contribution in [0.1, 0.15) is 33.3 Å². The average molecular weight is 298 g/mol. The van der Waals surface area contributed by atoms with Crippen molar-refractivity contribution >= 4 is 21.2 Å². The second-order valence-corrected chi connectivity index (χ2v) is 8.52. The molecule has 0 saturated heterocycles. The van der Waals surface area contributed by atoms with Crippen LogP contribution in [0.2, 0.25) is 0 Å². The maximum absolute atomic E-state index is 14.1. The highest BCUT2D eigenvalue weighted by atomic mass is 32.2. The summed E-state index contributed by atoms with van der Waals surface area (Å²) >= 11 is 0. The van der Waals surface area contributed by atoms with E-state index in [2.05, 4.69) is 4.99 Å². The molecule has 0 spiro atoms. The number of aliphatic imine (C=N–C) groups is 1. The lowest BCUT2D eigenvalue weighted by molar-refractivity contribution is 0.476. The van der Waals surface area contributed by atoms with Crippen molar-refractivity contribution in [3.05, 3.63) is 29.6 Å². The van der Waals surface area contributed by atoms with E-state index in [-0.39, 0.29) is 11.3 Å². The third-order valence-corrected chi connectivity index (χ3v) is 6.90. The van der Waals surface area contributed by atoms with Gasteiger partial charge in [0.05, 0.1) is 11.3 Å². The highest BCUT2D eigenvalue weighted by Gasteiger charge is 2.48. The first-order valence-corrected chi connectivity index (χ1v) is 7.99. The monoisotopic (exact) mass is 298 g/mol. The summed E-state index contributed by atoms with van der Waals surface area (Å²) in [6, 6.07) is 4.15. The quantitative estimate of drug-likeness (QED) is 0.808. The Labute approximate surface area is 118 Å². The van der Waals surface area contributed by atoms with Crippen LogP contribution in [0.4, 0.5) is 10.1 Å². The van der Waals surface area contributed by atoms with Crippen LogP contribution in [0.3, 0.4) is 0 Å². The van der Waals surface area contributed by atoms with Crippen LogP contribution in [-0.4, -0.2) is 24.6 Å². The number of benzene rings is 1. The predicted octanol–water partition coefficient (Wildman–Crippen LogP) is 2.29. The van der Waals surface area contributed by atoms with Crippen molar-refractivity contribution in [2.45, 2.75) is 38.0 Å². The molecule has 0 aromatic heterocycles. The van der Waals surface area contributed by atoms with Gasteiger partial charge in [-0.15, -0.1) is 0 Å². The lowest BCUT2D eigenvalue weighted by Gasteiger charge is -2.38. The molecule has 0 radical (unpaired) electrons. The van der Waals surface area contributed by atoms with Gasteiger partial charge in [-0.05, 0) is 45.9 Å². The van der Waals surface area contributed by atoms with Crippen molar-refractivity contribution in [2.75, 3.05) is 11.5 Å². The van der Waals surface area contributed by atoms with Crippen molar-refractivity contribution in [1.29, 1.82) is 0 Å². The van der Waals surface area contributed by atoms with Crippen molar-refractivity contribution < 1.29 is 12.8 Å². The molecule has 0 unspecified atom stereocenters. The molecule has 0 aliphatic carbocycles. The molecule has 0 saturated carbocycles. The molecule has 4 nitrogen and oxygen atoms in total. The largest absolute Gasteiger partial charge is 0.399 e. The van der Waals surface area contributed by atoms with Gasteiger partial charge >= 0.3 is 0 Å². The summed E-state index contributed by atoms with van der Waals surface area (Å²) in [6.07, 6.45) is 0. The molecular formula is C14H19FN2O2S. The molecule has 20 heavy (non-hydrogen) atoms. The molecule has 2 N–H and O–H groups in total. The number of hydrogen-bond donors (Lipinski definition) is 1. The van der Waals surface area contributed by atoms with Crippen molar-refractivity contribution in [3.8, 4) is 0 Å². The number of sulfone groups is 1. The Balaban J connectivity index is 2.69. The molecular weight excluding hydrogens is 279 g/mol. The molecule has 1 atom stereocenters.